The molecule has 1 heterocycles. The summed E-state index contributed by atoms with van der Waals surface area (Å²) in [5.41, 5.74) is 2.83. The number of aryl methyl sites for hydroxylation is 1. The van der Waals surface area contributed by atoms with Crippen LogP contribution in [0.15, 0.2) is 36.5 Å². The highest BCUT2D eigenvalue weighted by Gasteiger charge is 2.08. The number of aromatic nitrogens is 1. The molecular formula is C14H13Cl2NO. The van der Waals surface area contributed by atoms with Gasteiger partial charge in [-0.2, -0.15) is 0 Å². The van der Waals surface area contributed by atoms with Gasteiger partial charge >= 0.3 is 0 Å². The Morgan fingerprint density at radius 2 is 2.06 bits per heavy atom. The monoisotopic (exact) mass is 281 g/mol. The Labute approximate surface area is 117 Å². The molecule has 0 radical (unpaired) electrons. The van der Waals surface area contributed by atoms with E-state index >= 15 is 0 Å². The molecule has 0 bridgehead atoms. The normalized spacial score (nSPS) is 10.4. The Balaban J connectivity index is 2.16. The van der Waals surface area contributed by atoms with Crippen LogP contribution in [0.4, 0.5) is 0 Å². The molecule has 0 atom stereocenters. The molecular weight excluding hydrogens is 269 g/mol. The zero-order chi connectivity index (χ0) is 13.0. The molecule has 0 spiro atoms. The summed E-state index contributed by atoms with van der Waals surface area (Å²) >= 11 is 11.9. The van der Waals surface area contributed by atoms with Crippen LogP contribution in [0.2, 0.25) is 5.02 Å². The fourth-order valence-electron chi connectivity index (χ4n) is 1.62. The molecule has 0 N–H and O–H groups in total. The highest BCUT2D eigenvalue weighted by Crippen LogP contribution is 2.28. The van der Waals surface area contributed by atoms with E-state index in [2.05, 4.69) is 4.98 Å². The summed E-state index contributed by atoms with van der Waals surface area (Å²) in [6.45, 7) is 2.42. The van der Waals surface area contributed by atoms with Gasteiger partial charge in [-0.1, -0.05) is 23.7 Å². The van der Waals surface area contributed by atoms with Crippen LogP contribution >= 0.6 is 23.2 Å². The van der Waals surface area contributed by atoms with Gasteiger partial charge in [0.05, 0.1) is 11.6 Å². The van der Waals surface area contributed by atoms with Crippen LogP contribution in [0, 0.1) is 6.92 Å². The average Bonchev–Trinajstić information content (AvgIpc) is 2.38. The zero-order valence-electron chi connectivity index (χ0n) is 9.99. The van der Waals surface area contributed by atoms with Gasteiger partial charge < -0.3 is 4.74 Å². The van der Waals surface area contributed by atoms with E-state index in [1.807, 2.05) is 31.2 Å². The van der Waals surface area contributed by atoms with Crippen molar-refractivity contribution in [1.82, 2.24) is 4.98 Å². The number of nitrogens with zero attached hydrogens (tertiary/aromatic N) is 1. The van der Waals surface area contributed by atoms with Crippen LogP contribution < -0.4 is 4.74 Å². The third-order valence-electron chi connectivity index (χ3n) is 2.69. The predicted octanol–water partition coefficient (Wildman–Crippen LogP) is 4.36. The molecule has 18 heavy (non-hydrogen) atoms. The Morgan fingerprint density at radius 1 is 1.22 bits per heavy atom. The summed E-state index contributed by atoms with van der Waals surface area (Å²) in [6, 6.07) is 9.42. The molecule has 2 rings (SSSR count). The second kappa shape index (κ2) is 6.07. The van der Waals surface area contributed by atoms with Crippen molar-refractivity contribution >= 4 is 23.2 Å². The molecule has 0 unspecified atom stereocenters. The molecule has 0 aliphatic rings. The second-order valence-electron chi connectivity index (χ2n) is 3.91. The first-order valence-electron chi connectivity index (χ1n) is 5.59. The molecule has 0 fully saturated rings. The van der Waals surface area contributed by atoms with E-state index in [-0.39, 0.29) is 0 Å². The number of rotatable bonds is 4. The molecule has 2 nitrogen and oxygen atoms in total. The molecule has 0 saturated carbocycles. The first-order valence-corrected chi connectivity index (χ1v) is 6.50. The topological polar surface area (TPSA) is 22.1 Å². The van der Waals surface area contributed by atoms with E-state index < -0.39 is 0 Å². The molecule has 1 aromatic heterocycles. The van der Waals surface area contributed by atoms with Crippen LogP contribution in [0.5, 0.6) is 5.75 Å². The Bertz CT molecular complexity index is 543. The van der Waals surface area contributed by atoms with Crippen LogP contribution in [0.25, 0.3) is 0 Å². The van der Waals surface area contributed by atoms with E-state index in [0.29, 0.717) is 23.3 Å². The van der Waals surface area contributed by atoms with Gasteiger partial charge in [0.25, 0.3) is 0 Å². The minimum absolute atomic E-state index is 0.330. The molecule has 0 aliphatic heterocycles. The fourth-order valence-corrected chi connectivity index (χ4v) is 2.20. The smallest absolute Gasteiger partial charge is 0.130 e. The van der Waals surface area contributed by atoms with Crippen molar-refractivity contribution in [2.24, 2.45) is 0 Å². The predicted molar refractivity (Wildman–Crippen MR) is 74.3 cm³/mol. The fraction of sp³-hybridized carbons (Fsp3) is 0.214. The SMILES string of the molecule is Cc1cccnc1COc1cccc(Cl)c1CCl. The Morgan fingerprint density at radius 3 is 2.78 bits per heavy atom. The number of alkyl halides is 1. The summed E-state index contributed by atoms with van der Waals surface area (Å²) in [4.78, 5) is 4.28. The van der Waals surface area contributed by atoms with Gasteiger partial charge in [0.15, 0.2) is 0 Å². The van der Waals surface area contributed by atoms with Gasteiger partial charge in [-0.3, -0.25) is 4.98 Å². The summed E-state index contributed by atoms with van der Waals surface area (Å²) in [5.74, 6) is 1.04. The maximum atomic E-state index is 6.06. The lowest BCUT2D eigenvalue weighted by Gasteiger charge is -2.11. The van der Waals surface area contributed by atoms with Crippen LogP contribution in [0.1, 0.15) is 16.8 Å². The van der Waals surface area contributed by atoms with E-state index in [0.717, 1.165) is 16.8 Å². The molecule has 0 aliphatic carbocycles. The number of hydrogen-bond acceptors (Lipinski definition) is 2. The van der Waals surface area contributed by atoms with Gasteiger partial charge in [-0.05, 0) is 30.7 Å². The molecule has 4 heteroatoms. The molecule has 94 valence electrons. The molecule has 0 saturated heterocycles. The highest BCUT2D eigenvalue weighted by molar-refractivity contribution is 6.32. The van der Waals surface area contributed by atoms with E-state index in [9.17, 15) is 0 Å². The van der Waals surface area contributed by atoms with Gasteiger partial charge in [0.1, 0.15) is 12.4 Å². The lowest BCUT2D eigenvalue weighted by atomic mass is 10.2. The number of benzene rings is 1. The minimum Gasteiger partial charge on any atom is -0.487 e. The zero-order valence-corrected chi connectivity index (χ0v) is 11.5. The third-order valence-corrected chi connectivity index (χ3v) is 3.31. The van der Waals surface area contributed by atoms with Crippen LogP contribution in [-0.2, 0) is 12.5 Å². The number of pyridine rings is 1. The second-order valence-corrected chi connectivity index (χ2v) is 4.58. The highest BCUT2D eigenvalue weighted by atomic mass is 35.5. The van der Waals surface area contributed by atoms with Gasteiger partial charge in [0.2, 0.25) is 0 Å². The maximum Gasteiger partial charge on any atom is 0.130 e. The standard InChI is InChI=1S/C14H13Cl2NO/c1-10-4-3-7-17-13(10)9-18-14-6-2-5-12(16)11(14)8-15/h2-7H,8-9H2,1H3. The molecule has 1 aromatic carbocycles. The van der Waals surface area contributed by atoms with Crippen LogP contribution in [-0.4, -0.2) is 4.98 Å². The van der Waals surface area contributed by atoms with Crippen molar-refractivity contribution in [3.8, 4) is 5.75 Å². The lowest BCUT2D eigenvalue weighted by Crippen LogP contribution is -2.02. The number of halogens is 2. The first-order chi connectivity index (χ1) is 8.72. The quantitative estimate of drug-likeness (QED) is 0.777. The molecule has 2 aromatic rings. The largest absolute Gasteiger partial charge is 0.487 e. The van der Waals surface area contributed by atoms with Crippen molar-refractivity contribution in [3.63, 3.8) is 0 Å². The van der Waals surface area contributed by atoms with Crippen LogP contribution in [0.3, 0.4) is 0 Å². The average molecular weight is 282 g/mol. The van der Waals surface area contributed by atoms with Crippen molar-refractivity contribution < 1.29 is 4.74 Å². The molecule has 0 amide bonds. The lowest BCUT2D eigenvalue weighted by molar-refractivity contribution is 0.298. The van der Waals surface area contributed by atoms with Crippen molar-refractivity contribution in [2.45, 2.75) is 19.4 Å². The summed E-state index contributed by atoms with van der Waals surface area (Å²) in [6.07, 6.45) is 1.76. The van der Waals surface area contributed by atoms with Crippen molar-refractivity contribution in [1.29, 1.82) is 0 Å². The van der Waals surface area contributed by atoms with E-state index in [4.69, 9.17) is 27.9 Å². The maximum absolute atomic E-state index is 6.06. The van der Waals surface area contributed by atoms with Gasteiger partial charge in [-0.15, -0.1) is 11.6 Å². The first kappa shape index (κ1) is 13.2. The van der Waals surface area contributed by atoms with Gasteiger partial charge in [-0.25, -0.2) is 0 Å². The Hall–Kier alpha value is -1.25. The van der Waals surface area contributed by atoms with Crippen molar-refractivity contribution in [2.75, 3.05) is 0 Å². The van der Waals surface area contributed by atoms with E-state index in [1.54, 1.807) is 12.3 Å². The third kappa shape index (κ3) is 2.95. The van der Waals surface area contributed by atoms with Crippen molar-refractivity contribution in [3.05, 3.63) is 58.4 Å². The Kier molecular flexibility index (Phi) is 4.45. The number of hydrogen-bond donors (Lipinski definition) is 0. The summed E-state index contributed by atoms with van der Waals surface area (Å²) in [7, 11) is 0. The summed E-state index contributed by atoms with van der Waals surface area (Å²) in [5, 5.41) is 0.625. The van der Waals surface area contributed by atoms with E-state index in [1.165, 1.54) is 0 Å². The summed E-state index contributed by atoms with van der Waals surface area (Å²) < 4.78 is 5.74. The van der Waals surface area contributed by atoms with Gasteiger partial charge in [0, 0.05) is 16.8 Å². The number of ether oxygens (including phenoxy) is 1. The minimum atomic E-state index is 0.330.